The van der Waals surface area contributed by atoms with Crippen LogP contribution >= 0.6 is 0 Å². The average molecular weight is 446 g/mol. The van der Waals surface area contributed by atoms with Crippen molar-refractivity contribution in [3.05, 3.63) is 52.3 Å². The second kappa shape index (κ2) is 7.64. The summed E-state index contributed by atoms with van der Waals surface area (Å²) < 4.78 is 40.3. The molecule has 9 heteroatoms. The lowest BCUT2D eigenvalue weighted by molar-refractivity contribution is -0.138. The number of hydrogen-bond acceptors (Lipinski definition) is 3. The maximum Gasteiger partial charge on any atom is 0.416 e. The van der Waals surface area contributed by atoms with E-state index in [2.05, 4.69) is 10.2 Å². The summed E-state index contributed by atoms with van der Waals surface area (Å²) >= 11 is 0. The molecule has 0 bridgehead atoms. The summed E-state index contributed by atoms with van der Waals surface area (Å²) in [4.78, 5) is 28.5. The van der Waals surface area contributed by atoms with Crippen molar-refractivity contribution in [2.75, 3.05) is 19.6 Å². The zero-order valence-electron chi connectivity index (χ0n) is 17.8. The highest BCUT2D eigenvalue weighted by Gasteiger charge is 2.45. The Morgan fingerprint density at radius 1 is 1.09 bits per heavy atom. The van der Waals surface area contributed by atoms with E-state index in [0.717, 1.165) is 17.3 Å². The van der Waals surface area contributed by atoms with E-state index in [0.29, 0.717) is 56.7 Å². The molecule has 2 aromatic rings. The highest BCUT2D eigenvalue weighted by molar-refractivity contribution is 5.94. The number of likely N-dealkylation sites (tertiary alicyclic amines) is 1. The number of nitrogens with one attached hydrogen (secondary N) is 1. The zero-order valence-corrected chi connectivity index (χ0v) is 17.8. The van der Waals surface area contributed by atoms with Gasteiger partial charge in [-0.15, -0.1) is 0 Å². The summed E-state index contributed by atoms with van der Waals surface area (Å²) in [5.41, 5.74) is 1.87. The highest BCUT2D eigenvalue weighted by Crippen LogP contribution is 2.49. The van der Waals surface area contributed by atoms with Gasteiger partial charge in [0.25, 0.3) is 5.91 Å². The number of rotatable bonds is 2. The summed E-state index contributed by atoms with van der Waals surface area (Å²) in [6.07, 6.45) is -2.42. The molecule has 1 aromatic heterocycles. The fraction of sp³-hybridized carbons (Fsp3) is 0.522. The first-order chi connectivity index (χ1) is 15.2. The largest absolute Gasteiger partial charge is 0.416 e. The number of fused-ring (bicyclic) bond motifs is 2. The molecule has 1 aromatic carbocycles. The highest BCUT2D eigenvalue weighted by atomic mass is 19.4. The van der Waals surface area contributed by atoms with Crippen LogP contribution in [0.2, 0.25) is 0 Å². The molecule has 32 heavy (non-hydrogen) atoms. The summed E-state index contributed by atoms with van der Waals surface area (Å²) in [5.74, 6) is 0.0514. The molecule has 1 unspecified atom stereocenters. The second-order valence-corrected chi connectivity index (χ2v) is 9.20. The minimum absolute atomic E-state index is 0.0314. The molecule has 1 N–H and O–H groups in total. The van der Waals surface area contributed by atoms with Crippen molar-refractivity contribution in [3.8, 4) is 0 Å². The van der Waals surface area contributed by atoms with E-state index in [1.807, 2.05) is 0 Å². The lowest BCUT2D eigenvalue weighted by Crippen LogP contribution is -2.36. The minimum atomic E-state index is -4.36. The van der Waals surface area contributed by atoms with Crippen LogP contribution in [0.25, 0.3) is 0 Å². The molecular weight excluding hydrogens is 421 g/mol. The van der Waals surface area contributed by atoms with E-state index in [1.165, 1.54) is 13.0 Å². The molecule has 2 aliphatic heterocycles. The first kappa shape index (κ1) is 21.0. The third kappa shape index (κ3) is 3.57. The third-order valence-corrected chi connectivity index (χ3v) is 7.33. The molecule has 6 nitrogen and oxygen atoms in total. The number of aromatic nitrogens is 2. The van der Waals surface area contributed by atoms with Gasteiger partial charge in [-0.25, -0.2) is 0 Å². The van der Waals surface area contributed by atoms with Crippen molar-refractivity contribution < 1.29 is 22.8 Å². The monoisotopic (exact) mass is 446 g/mol. The van der Waals surface area contributed by atoms with Gasteiger partial charge in [0.15, 0.2) is 5.69 Å². The summed E-state index contributed by atoms with van der Waals surface area (Å²) in [6, 6.07) is 5.85. The van der Waals surface area contributed by atoms with E-state index >= 15 is 0 Å². The van der Waals surface area contributed by atoms with Crippen LogP contribution in [0.15, 0.2) is 24.3 Å². The molecule has 1 aliphatic carbocycles. The number of aromatic amines is 1. The number of amides is 2. The van der Waals surface area contributed by atoms with Gasteiger partial charge in [-0.1, -0.05) is 18.2 Å². The van der Waals surface area contributed by atoms with Crippen molar-refractivity contribution in [2.24, 2.45) is 11.8 Å². The molecular formula is C23H25F3N4O2. The SMILES string of the molecule is CC(=O)N1CCc2[nH]nc(C(=O)N3C[C@H]4CC(c5ccccc5C(F)(F)F)C[C@H]4C3)c2C1. The molecule has 1 saturated carbocycles. The lowest BCUT2D eigenvalue weighted by atomic mass is 9.91. The standard InChI is InChI=1S/C23H25F3N4O2/c1-13(31)29-7-6-20-18(12-29)21(28-27-20)22(32)30-10-15-8-14(9-16(15)11-30)17-4-2-3-5-19(17)23(24,25)26/h2-5,14-16H,6-12H2,1H3,(H,27,28)/t14?,15-,16+. The second-order valence-electron chi connectivity index (χ2n) is 9.20. The first-order valence-corrected chi connectivity index (χ1v) is 11.0. The smallest absolute Gasteiger partial charge is 0.338 e. The van der Waals surface area contributed by atoms with Crippen LogP contribution in [0.3, 0.4) is 0 Å². The van der Waals surface area contributed by atoms with Crippen LogP contribution in [-0.4, -0.2) is 51.4 Å². The Morgan fingerprint density at radius 2 is 1.78 bits per heavy atom. The molecule has 3 aliphatic rings. The number of carbonyl (C=O) groups is 2. The summed E-state index contributed by atoms with van der Waals surface area (Å²) in [6.45, 7) is 3.56. The predicted octanol–water partition coefficient (Wildman–Crippen LogP) is 3.60. The lowest BCUT2D eigenvalue weighted by Gasteiger charge is -2.26. The van der Waals surface area contributed by atoms with Crippen molar-refractivity contribution in [1.29, 1.82) is 0 Å². The van der Waals surface area contributed by atoms with Gasteiger partial charge in [0.05, 0.1) is 5.56 Å². The molecule has 0 radical (unpaired) electrons. The van der Waals surface area contributed by atoms with Gasteiger partial charge in [0.2, 0.25) is 5.91 Å². The van der Waals surface area contributed by atoms with E-state index in [-0.39, 0.29) is 29.6 Å². The Hall–Kier alpha value is -2.84. The third-order valence-electron chi connectivity index (χ3n) is 7.33. The van der Waals surface area contributed by atoms with Crippen LogP contribution in [0.5, 0.6) is 0 Å². The first-order valence-electron chi connectivity index (χ1n) is 11.0. The molecule has 1 saturated heterocycles. The Bertz CT molecular complexity index is 1050. The number of H-pyrrole nitrogens is 1. The van der Waals surface area contributed by atoms with Crippen molar-refractivity contribution in [1.82, 2.24) is 20.0 Å². The number of halogens is 3. The minimum Gasteiger partial charge on any atom is -0.338 e. The van der Waals surface area contributed by atoms with Gasteiger partial charge in [0, 0.05) is 50.8 Å². The van der Waals surface area contributed by atoms with Crippen LogP contribution in [0.1, 0.15) is 58.6 Å². The van der Waals surface area contributed by atoms with Gasteiger partial charge in [-0.05, 0) is 42.2 Å². The van der Waals surface area contributed by atoms with E-state index in [1.54, 1.807) is 21.9 Å². The van der Waals surface area contributed by atoms with E-state index in [4.69, 9.17) is 0 Å². The Morgan fingerprint density at radius 3 is 2.44 bits per heavy atom. The van der Waals surface area contributed by atoms with Crippen LogP contribution in [-0.2, 0) is 23.9 Å². The summed E-state index contributed by atoms with van der Waals surface area (Å²) in [7, 11) is 0. The van der Waals surface area contributed by atoms with Crippen molar-refractivity contribution >= 4 is 11.8 Å². The molecule has 5 rings (SSSR count). The predicted molar refractivity (Wildman–Crippen MR) is 110 cm³/mol. The fourth-order valence-corrected chi connectivity index (χ4v) is 5.72. The topological polar surface area (TPSA) is 69.3 Å². The normalized spacial score (nSPS) is 25.1. The maximum absolute atomic E-state index is 13.4. The molecule has 2 fully saturated rings. The fourth-order valence-electron chi connectivity index (χ4n) is 5.72. The van der Waals surface area contributed by atoms with Crippen LogP contribution in [0.4, 0.5) is 13.2 Å². The quantitative estimate of drug-likeness (QED) is 0.767. The molecule has 2 amide bonds. The Kier molecular flexibility index (Phi) is 5.02. The number of benzene rings is 1. The molecule has 0 spiro atoms. The molecule has 170 valence electrons. The van der Waals surface area contributed by atoms with Gasteiger partial charge < -0.3 is 9.80 Å². The zero-order chi connectivity index (χ0) is 22.6. The van der Waals surface area contributed by atoms with E-state index in [9.17, 15) is 22.8 Å². The number of hydrogen-bond donors (Lipinski definition) is 1. The van der Waals surface area contributed by atoms with Gasteiger partial charge in [-0.2, -0.15) is 18.3 Å². The number of carbonyl (C=O) groups excluding carboxylic acids is 2. The van der Waals surface area contributed by atoms with Gasteiger partial charge >= 0.3 is 6.18 Å². The van der Waals surface area contributed by atoms with Crippen LogP contribution < -0.4 is 0 Å². The van der Waals surface area contributed by atoms with Gasteiger partial charge in [0.1, 0.15) is 0 Å². The molecule has 3 heterocycles. The summed E-state index contributed by atoms with van der Waals surface area (Å²) in [5, 5.41) is 7.20. The Labute approximate surface area is 183 Å². The number of alkyl halides is 3. The van der Waals surface area contributed by atoms with Crippen molar-refractivity contribution in [2.45, 2.75) is 44.8 Å². The van der Waals surface area contributed by atoms with Crippen molar-refractivity contribution in [3.63, 3.8) is 0 Å². The molecule has 3 atom stereocenters. The Balaban J connectivity index is 1.29. The number of nitrogens with zero attached hydrogens (tertiary/aromatic N) is 3. The maximum atomic E-state index is 13.4. The average Bonchev–Trinajstić information content (AvgIpc) is 3.45. The van der Waals surface area contributed by atoms with Crippen LogP contribution in [0, 0.1) is 11.8 Å². The van der Waals surface area contributed by atoms with Gasteiger partial charge in [-0.3, -0.25) is 14.7 Å². The van der Waals surface area contributed by atoms with E-state index < -0.39 is 11.7 Å².